The highest BCUT2D eigenvalue weighted by Gasteiger charge is 2.27. The lowest BCUT2D eigenvalue weighted by atomic mass is 9.98. The van der Waals surface area contributed by atoms with Crippen LogP contribution in [0.25, 0.3) is 38.5 Å². The van der Waals surface area contributed by atoms with Gasteiger partial charge in [0.1, 0.15) is 23.7 Å². The summed E-state index contributed by atoms with van der Waals surface area (Å²) in [5.74, 6) is 0.880. The van der Waals surface area contributed by atoms with Gasteiger partial charge in [0.2, 0.25) is 0 Å². The van der Waals surface area contributed by atoms with E-state index in [1.807, 2.05) is 10.7 Å². The zero-order chi connectivity index (χ0) is 17.8. The quantitative estimate of drug-likeness (QED) is 0.421. The maximum absolute atomic E-state index is 5.98. The monoisotopic (exact) mass is 349 g/mol. The van der Waals surface area contributed by atoms with Crippen molar-refractivity contribution in [2.24, 2.45) is 0 Å². The van der Waals surface area contributed by atoms with Gasteiger partial charge in [-0.25, -0.2) is 4.68 Å². The van der Waals surface area contributed by atoms with E-state index in [2.05, 4.69) is 83.1 Å². The van der Waals surface area contributed by atoms with Crippen molar-refractivity contribution in [3.63, 3.8) is 0 Å². The predicted molar refractivity (Wildman–Crippen MR) is 106 cm³/mol. The molecule has 4 aromatic carbocycles. The third kappa shape index (κ3) is 2.04. The molecular weight excluding hydrogens is 334 g/mol. The Hall–Kier alpha value is -3.66. The average molecular weight is 349 g/mol. The van der Waals surface area contributed by atoms with Crippen molar-refractivity contribution in [3.05, 3.63) is 84.6 Å². The molecule has 1 aromatic heterocycles. The summed E-state index contributed by atoms with van der Waals surface area (Å²) in [6.07, 6.45) is 0. The molecule has 0 saturated carbocycles. The number of rotatable bonds is 1. The van der Waals surface area contributed by atoms with Gasteiger partial charge in [0.15, 0.2) is 0 Å². The van der Waals surface area contributed by atoms with Gasteiger partial charge in [-0.2, -0.15) is 0 Å². The maximum atomic E-state index is 5.98. The molecule has 128 valence electrons. The fourth-order valence-corrected chi connectivity index (χ4v) is 3.98. The first-order chi connectivity index (χ1) is 13.4. The lowest BCUT2D eigenvalue weighted by Crippen LogP contribution is -2.08. The van der Waals surface area contributed by atoms with E-state index in [4.69, 9.17) is 4.74 Å². The summed E-state index contributed by atoms with van der Waals surface area (Å²) < 4.78 is 7.94. The molecule has 1 aliphatic rings. The van der Waals surface area contributed by atoms with Gasteiger partial charge in [0.05, 0.1) is 11.3 Å². The van der Waals surface area contributed by atoms with Crippen LogP contribution in [-0.4, -0.2) is 15.0 Å². The number of aromatic nitrogens is 3. The van der Waals surface area contributed by atoms with E-state index in [9.17, 15) is 0 Å². The molecule has 0 saturated heterocycles. The molecule has 2 heterocycles. The zero-order valence-corrected chi connectivity index (χ0v) is 14.5. The van der Waals surface area contributed by atoms with Crippen molar-refractivity contribution in [3.8, 4) is 22.7 Å². The molecular formula is C23H15N3O. The second-order valence-electron chi connectivity index (χ2n) is 6.74. The van der Waals surface area contributed by atoms with Gasteiger partial charge in [-0.05, 0) is 28.3 Å². The van der Waals surface area contributed by atoms with Gasteiger partial charge >= 0.3 is 0 Å². The maximum Gasteiger partial charge on any atom is 0.134 e. The predicted octanol–water partition coefficient (Wildman–Crippen LogP) is 5.13. The largest absolute Gasteiger partial charge is 0.486 e. The minimum atomic E-state index is 0.436. The molecule has 0 atom stereocenters. The first-order valence-corrected chi connectivity index (χ1v) is 8.98. The van der Waals surface area contributed by atoms with Crippen LogP contribution >= 0.6 is 0 Å². The van der Waals surface area contributed by atoms with Crippen LogP contribution in [-0.2, 0) is 6.61 Å². The van der Waals surface area contributed by atoms with Crippen LogP contribution in [0.1, 0.15) is 5.69 Å². The van der Waals surface area contributed by atoms with Gasteiger partial charge in [-0.3, -0.25) is 0 Å². The molecule has 5 aromatic rings. The Morgan fingerprint density at radius 1 is 0.741 bits per heavy atom. The fraction of sp³-hybridized carbons (Fsp3) is 0.0435. The fourth-order valence-electron chi connectivity index (χ4n) is 3.98. The van der Waals surface area contributed by atoms with Gasteiger partial charge in [0, 0.05) is 5.39 Å². The van der Waals surface area contributed by atoms with Crippen LogP contribution in [0.2, 0.25) is 0 Å². The third-order valence-corrected chi connectivity index (χ3v) is 5.23. The number of fused-ring (bicyclic) bond motifs is 6. The third-order valence-electron chi connectivity index (χ3n) is 5.23. The molecule has 0 spiro atoms. The Labute approximate surface area is 155 Å². The SMILES string of the molecule is c1ccc2c(-n3nnc4c3-c3c(ccc5ccccc35)OC4)cccc2c1. The second kappa shape index (κ2) is 5.42. The van der Waals surface area contributed by atoms with Gasteiger partial charge in [-0.15, -0.1) is 5.10 Å². The van der Waals surface area contributed by atoms with Gasteiger partial charge < -0.3 is 4.74 Å². The van der Waals surface area contributed by atoms with E-state index in [0.717, 1.165) is 39.2 Å². The van der Waals surface area contributed by atoms with E-state index >= 15 is 0 Å². The molecule has 4 heteroatoms. The normalized spacial score (nSPS) is 12.6. The first kappa shape index (κ1) is 14.5. The number of hydrogen-bond acceptors (Lipinski definition) is 3. The summed E-state index contributed by atoms with van der Waals surface area (Å²) >= 11 is 0. The van der Waals surface area contributed by atoms with Crippen LogP contribution < -0.4 is 4.74 Å². The van der Waals surface area contributed by atoms with Gasteiger partial charge in [-0.1, -0.05) is 71.9 Å². The molecule has 27 heavy (non-hydrogen) atoms. The Kier molecular flexibility index (Phi) is 2.91. The summed E-state index contributed by atoms with van der Waals surface area (Å²) in [5, 5.41) is 13.6. The lowest BCUT2D eigenvalue weighted by Gasteiger charge is -2.20. The second-order valence-corrected chi connectivity index (χ2v) is 6.74. The van der Waals surface area contributed by atoms with E-state index in [0.29, 0.717) is 6.61 Å². The Bertz CT molecular complexity index is 1330. The number of hydrogen-bond donors (Lipinski definition) is 0. The molecule has 0 unspecified atom stereocenters. The molecule has 0 bridgehead atoms. The molecule has 0 aliphatic carbocycles. The van der Waals surface area contributed by atoms with Crippen molar-refractivity contribution in [1.82, 2.24) is 15.0 Å². The number of benzene rings is 4. The van der Waals surface area contributed by atoms with Crippen molar-refractivity contribution in [2.75, 3.05) is 0 Å². The van der Waals surface area contributed by atoms with Crippen molar-refractivity contribution in [1.29, 1.82) is 0 Å². The van der Waals surface area contributed by atoms with Crippen LogP contribution in [0.15, 0.2) is 78.9 Å². The Balaban J connectivity index is 1.71. The molecule has 4 nitrogen and oxygen atoms in total. The van der Waals surface area contributed by atoms with Crippen LogP contribution in [0, 0.1) is 0 Å². The van der Waals surface area contributed by atoms with Crippen molar-refractivity contribution >= 4 is 21.5 Å². The zero-order valence-electron chi connectivity index (χ0n) is 14.5. The van der Waals surface area contributed by atoms with Crippen LogP contribution in [0.5, 0.6) is 5.75 Å². The standard InChI is InChI=1S/C23H15N3O/c1-3-9-17-15(6-1)8-5-11-20(17)26-23-19(24-25-26)14-27-21-13-12-16-7-2-4-10-18(16)22(21)23/h1-13H,14H2. The number of nitrogens with zero attached hydrogens (tertiary/aromatic N) is 3. The Morgan fingerprint density at radius 2 is 1.48 bits per heavy atom. The summed E-state index contributed by atoms with van der Waals surface area (Å²) in [6.45, 7) is 0.436. The highest BCUT2D eigenvalue weighted by atomic mass is 16.5. The molecule has 1 aliphatic heterocycles. The molecule has 0 N–H and O–H groups in total. The average Bonchev–Trinajstić information content (AvgIpc) is 3.17. The molecule has 6 rings (SSSR count). The molecule has 0 fully saturated rings. The minimum Gasteiger partial charge on any atom is -0.486 e. The van der Waals surface area contributed by atoms with E-state index in [1.54, 1.807) is 0 Å². The Morgan fingerprint density at radius 3 is 2.37 bits per heavy atom. The van der Waals surface area contributed by atoms with E-state index in [1.165, 1.54) is 10.8 Å². The summed E-state index contributed by atoms with van der Waals surface area (Å²) in [7, 11) is 0. The molecule has 0 radical (unpaired) electrons. The summed E-state index contributed by atoms with van der Waals surface area (Å²) in [4.78, 5) is 0. The number of ether oxygens (including phenoxy) is 1. The summed E-state index contributed by atoms with van der Waals surface area (Å²) in [6, 6.07) is 27.1. The van der Waals surface area contributed by atoms with Crippen LogP contribution in [0.4, 0.5) is 0 Å². The van der Waals surface area contributed by atoms with Crippen molar-refractivity contribution in [2.45, 2.75) is 6.61 Å². The van der Waals surface area contributed by atoms with E-state index in [-0.39, 0.29) is 0 Å². The molecule has 0 amide bonds. The van der Waals surface area contributed by atoms with Crippen molar-refractivity contribution < 1.29 is 4.74 Å². The van der Waals surface area contributed by atoms with E-state index < -0.39 is 0 Å². The highest BCUT2D eigenvalue weighted by molar-refractivity contribution is 6.01. The first-order valence-electron chi connectivity index (χ1n) is 8.98. The summed E-state index contributed by atoms with van der Waals surface area (Å²) in [5.41, 5.74) is 3.98. The lowest BCUT2D eigenvalue weighted by molar-refractivity contribution is 0.297. The van der Waals surface area contributed by atoms with Gasteiger partial charge in [0.25, 0.3) is 0 Å². The highest BCUT2D eigenvalue weighted by Crippen LogP contribution is 2.42. The van der Waals surface area contributed by atoms with Crippen LogP contribution in [0.3, 0.4) is 0 Å². The minimum absolute atomic E-state index is 0.436. The topological polar surface area (TPSA) is 39.9 Å². The smallest absolute Gasteiger partial charge is 0.134 e.